The molecule has 3 aromatic rings. The summed E-state index contributed by atoms with van der Waals surface area (Å²) in [6.45, 7) is 1.58. The minimum Gasteiger partial charge on any atom is -0.449 e. The van der Waals surface area contributed by atoms with Gasteiger partial charge in [-0.25, -0.2) is 4.79 Å². The lowest BCUT2D eigenvalue weighted by Gasteiger charge is -2.12. The van der Waals surface area contributed by atoms with Crippen LogP contribution in [0.2, 0.25) is 0 Å². The number of nitro benzene ring substituents is 1. The van der Waals surface area contributed by atoms with Crippen LogP contribution in [0.5, 0.6) is 0 Å². The molecule has 134 valence electrons. The van der Waals surface area contributed by atoms with E-state index in [0.717, 1.165) is 10.9 Å². The summed E-state index contributed by atoms with van der Waals surface area (Å²) in [4.78, 5) is 23.6. The van der Waals surface area contributed by atoms with Crippen molar-refractivity contribution in [1.82, 2.24) is 10.2 Å². The van der Waals surface area contributed by atoms with Crippen molar-refractivity contribution in [3.63, 3.8) is 0 Å². The first-order valence-electron chi connectivity index (χ1n) is 7.54. The van der Waals surface area contributed by atoms with Crippen molar-refractivity contribution in [3.8, 4) is 10.8 Å². The van der Waals surface area contributed by atoms with Crippen LogP contribution in [0.15, 0.2) is 40.1 Å². The predicted octanol–water partition coefficient (Wildman–Crippen LogP) is 3.67. The third kappa shape index (κ3) is 3.54. The van der Waals surface area contributed by atoms with Gasteiger partial charge in [0.2, 0.25) is 0 Å². The summed E-state index contributed by atoms with van der Waals surface area (Å²) in [5.74, 6) is -0.260. The Balaban J connectivity index is 1.79. The number of aromatic nitrogens is 2. The van der Waals surface area contributed by atoms with Gasteiger partial charge in [-0.15, -0.1) is 21.5 Å². The highest BCUT2D eigenvalue weighted by atomic mass is 32.1. The minimum absolute atomic E-state index is 0.0477. The zero-order valence-electron chi connectivity index (χ0n) is 13.8. The van der Waals surface area contributed by atoms with Crippen molar-refractivity contribution >= 4 is 28.7 Å². The van der Waals surface area contributed by atoms with Gasteiger partial charge >= 0.3 is 5.97 Å². The lowest BCUT2D eigenvalue weighted by atomic mass is 10.1. The zero-order valence-corrected chi connectivity index (χ0v) is 14.6. The fourth-order valence-corrected chi connectivity index (χ4v) is 2.85. The van der Waals surface area contributed by atoms with Crippen molar-refractivity contribution in [3.05, 3.63) is 57.3 Å². The van der Waals surface area contributed by atoms with E-state index in [-0.39, 0.29) is 17.1 Å². The number of anilines is 1. The van der Waals surface area contributed by atoms with E-state index in [2.05, 4.69) is 15.5 Å². The van der Waals surface area contributed by atoms with E-state index in [1.165, 1.54) is 23.5 Å². The predicted molar refractivity (Wildman–Crippen MR) is 94.1 cm³/mol. The first-order chi connectivity index (χ1) is 12.5. The molecular formula is C16H14N4O5S. The van der Waals surface area contributed by atoms with Gasteiger partial charge in [0.15, 0.2) is 6.10 Å². The Labute approximate surface area is 151 Å². The second kappa shape index (κ2) is 7.31. The molecule has 1 N–H and O–H groups in total. The van der Waals surface area contributed by atoms with E-state index in [1.54, 1.807) is 14.0 Å². The average Bonchev–Trinajstić information content (AvgIpc) is 3.32. The van der Waals surface area contributed by atoms with Crippen molar-refractivity contribution in [2.45, 2.75) is 13.0 Å². The van der Waals surface area contributed by atoms with E-state index in [0.29, 0.717) is 11.6 Å². The van der Waals surface area contributed by atoms with Crippen LogP contribution in [0, 0.1) is 10.1 Å². The van der Waals surface area contributed by atoms with E-state index >= 15 is 0 Å². The fourth-order valence-electron chi connectivity index (χ4n) is 2.21. The Kier molecular flexibility index (Phi) is 4.94. The van der Waals surface area contributed by atoms with Gasteiger partial charge in [0, 0.05) is 24.9 Å². The Bertz CT molecular complexity index is 938. The molecule has 9 nitrogen and oxygen atoms in total. The van der Waals surface area contributed by atoms with Gasteiger partial charge in [-0.2, -0.15) is 0 Å². The van der Waals surface area contributed by atoms with E-state index in [9.17, 15) is 14.9 Å². The van der Waals surface area contributed by atoms with Gasteiger partial charge in [-0.1, -0.05) is 6.07 Å². The number of ether oxygens (including phenoxy) is 1. The van der Waals surface area contributed by atoms with Gasteiger partial charge in [-0.3, -0.25) is 10.1 Å². The molecule has 0 saturated heterocycles. The SMILES string of the molecule is CNc1ccc([N+](=O)[O-])cc1C(=O)OC(C)c1nnc(-c2cccs2)o1. The number of carbonyl (C=O) groups excluding carboxylic acids is 1. The van der Waals surface area contributed by atoms with Crippen molar-refractivity contribution in [1.29, 1.82) is 0 Å². The molecule has 0 aliphatic heterocycles. The second-order valence-corrected chi connectivity index (χ2v) is 6.15. The molecule has 1 atom stereocenters. The first kappa shape index (κ1) is 17.5. The summed E-state index contributed by atoms with van der Waals surface area (Å²) in [7, 11) is 1.60. The van der Waals surface area contributed by atoms with Crippen LogP contribution >= 0.6 is 11.3 Å². The molecule has 0 aliphatic carbocycles. The van der Waals surface area contributed by atoms with Crippen LogP contribution in [0.25, 0.3) is 10.8 Å². The summed E-state index contributed by atoms with van der Waals surface area (Å²) in [6.07, 6.45) is -0.812. The molecule has 0 aliphatic rings. The minimum atomic E-state index is -0.812. The van der Waals surface area contributed by atoms with Crippen molar-refractivity contribution in [2.24, 2.45) is 0 Å². The number of rotatable bonds is 6. The molecule has 2 heterocycles. The maximum absolute atomic E-state index is 12.4. The van der Waals surface area contributed by atoms with Crippen LogP contribution in [0.3, 0.4) is 0 Å². The number of thiophene rings is 1. The number of nitro groups is 1. The zero-order chi connectivity index (χ0) is 18.7. The van der Waals surface area contributed by atoms with E-state index in [1.807, 2.05) is 17.5 Å². The third-order valence-electron chi connectivity index (χ3n) is 3.51. The number of nitrogens with zero attached hydrogens (tertiary/aromatic N) is 3. The standard InChI is InChI=1S/C16H14N4O5S/c1-9(14-18-19-15(25-14)13-4-3-7-26-13)24-16(21)11-8-10(20(22)23)5-6-12(11)17-2/h3-9,17H,1-2H3. The number of benzene rings is 1. The van der Waals surface area contributed by atoms with Crippen LogP contribution in [-0.2, 0) is 4.74 Å². The fraction of sp³-hybridized carbons (Fsp3) is 0.188. The largest absolute Gasteiger partial charge is 0.449 e. The third-order valence-corrected chi connectivity index (χ3v) is 4.37. The normalized spacial score (nSPS) is 11.8. The number of carbonyl (C=O) groups is 1. The quantitative estimate of drug-likeness (QED) is 0.394. The Morgan fingerprint density at radius 1 is 1.38 bits per heavy atom. The van der Waals surface area contributed by atoms with Crippen LogP contribution in [-0.4, -0.2) is 28.1 Å². The van der Waals surface area contributed by atoms with E-state index in [4.69, 9.17) is 9.15 Å². The number of non-ortho nitro benzene ring substituents is 1. The van der Waals surface area contributed by atoms with Gasteiger partial charge in [0.25, 0.3) is 17.5 Å². The molecule has 2 aromatic heterocycles. The van der Waals surface area contributed by atoms with Gasteiger partial charge < -0.3 is 14.5 Å². The molecular weight excluding hydrogens is 360 g/mol. The summed E-state index contributed by atoms with van der Waals surface area (Å²) in [5.41, 5.74) is 0.255. The molecule has 0 saturated carbocycles. The highest BCUT2D eigenvalue weighted by Gasteiger charge is 2.23. The summed E-state index contributed by atoms with van der Waals surface area (Å²) in [5, 5.41) is 23.4. The Morgan fingerprint density at radius 3 is 2.85 bits per heavy atom. The molecule has 0 bridgehead atoms. The van der Waals surface area contributed by atoms with Crippen LogP contribution < -0.4 is 5.32 Å². The van der Waals surface area contributed by atoms with Gasteiger partial charge in [0.05, 0.1) is 15.4 Å². The molecule has 0 fully saturated rings. The van der Waals surface area contributed by atoms with Gasteiger partial charge in [0.1, 0.15) is 0 Å². The maximum atomic E-state index is 12.4. The number of hydrogen-bond acceptors (Lipinski definition) is 9. The van der Waals surface area contributed by atoms with Gasteiger partial charge in [-0.05, 0) is 24.4 Å². The Morgan fingerprint density at radius 2 is 2.19 bits per heavy atom. The molecule has 0 spiro atoms. The number of hydrogen-bond donors (Lipinski definition) is 1. The lowest BCUT2D eigenvalue weighted by molar-refractivity contribution is -0.384. The maximum Gasteiger partial charge on any atom is 0.341 e. The molecule has 3 rings (SSSR count). The molecule has 1 aromatic carbocycles. The molecule has 10 heteroatoms. The van der Waals surface area contributed by atoms with Crippen molar-refractivity contribution < 1.29 is 18.9 Å². The molecule has 26 heavy (non-hydrogen) atoms. The lowest BCUT2D eigenvalue weighted by Crippen LogP contribution is -2.12. The Hall–Kier alpha value is -3.27. The second-order valence-electron chi connectivity index (χ2n) is 5.21. The first-order valence-corrected chi connectivity index (χ1v) is 8.42. The molecule has 1 unspecified atom stereocenters. The van der Waals surface area contributed by atoms with Crippen molar-refractivity contribution in [2.75, 3.05) is 12.4 Å². The summed E-state index contributed by atoms with van der Waals surface area (Å²) < 4.78 is 10.9. The average molecular weight is 374 g/mol. The number of nitrogens with one attached hydrogen (secondary N) is 1. The van der Waals surface area contributed by atoms with Crippen LogP contribution in [0.1, 0.15) is 29.3 Å². The number of esters is 1. The monoisotopic (exact) mass is 374 g/mol. The van der Waals surface area contributed by atoms with E-state index < -0.39 is 17.0 Å². The highest BCUT2D eigenvalue weighted by Crippen LogP contribution is 2.28. The molecule has 0 amide bonds. The topological polar surface area (TPSA) is 120 Å². The highest BCUT2D eigenvalue weighted by molar-refractivity contribution is 7.13. The van der Waals surface area contributed by atoms with Crippen LogP contribution in [0.4, 0.5) is 11.4 Å². The summed E-state index contributed by atoms with van der Waals surface area (Å²) >= 11 is 1.44. The smallest absolute Gasteiger partial charge is 0.341 e. The molecule has 0 radical (unpaired) electrons. The summed E-state index contributed by atoms with van der Waals surface area (Å²) in [6, 6.07) is 7.60.